The zero-order valence-electron chi connectivity index (χ0n) is 20.1. The second kappa shape index (κ2) is 10.7. The number of methoxy groups -OCH3 is 2. The Kier molecular flexibility index (Phi) is 7.73. The summed E-state index contributed by atoms with van der Waals surface area (Å²) in [6.07, 6.45) is 5.75. The van der Waals surface area contributed by atoms with Crippen LogP contribution in [0, 0.1) is 0 Å². The van der Waals surface area contributed by atoms with Crippen LogP contribution in [0.25, 0.3) is 0 Å². The molecule has 2 aliphatic carbocycles. The van der Waals surface area contributed by atoms with E-state index in [-0.39, 0.29) is 48.5 Å². The molecule has 1 aromatic rings. The summed E-state index contributed by atoms with van der Waals surface area (Å²) in [4.78, 5) is 43.1. The van der Waals surface area contributed by atoms with E-state index in [9.17, 15) is 14.4 Å². The topological polar surface area (TPSA) is 114 Å². The van der Waals surface area contributed by atoms with Gasteiger partial charge in [0.05, 0.1) is 13.2 Å². The van der Waals surface area contributed by atoms with Crippen LogP contribution in [0.1, 0.15) is 55.3 Å². The summed E-state index contributed by atoms with van der Waals surface area (Å²) in [5, 5.41) is 3.14. The van der Waals surface area contributed by atoms with Crippen molar-refractivity contribution in [3.05, 3.63) is 29.8 Å². The van der Waals surface area contributed by atoms with E-state index in [1.54, 1.807) is 36.3 Å². The number of rotatable bonds is 8. The maximum Gasteiger partial charge on any atom is 0.254 e. The van der Waals surface area contributed by atoms with Gasteiger partial charge in [0.15, 0.2) is 0 Å². The van der Waals surface area contributed by atoms with Crippen molar-refractivity contribution in [2.24, 2.45) is 5.73 Å². The van der Waals surface area contributed by atoms with E-state index < -0.39 is 6.04 Å². The molecule has 9 heteroatoms. The molecule has 3 amide bonds. The Bertz CT molecular complexity index is 880. The Balaban J connectivity index is 1.50. The molecule has 0 radical (unpaired) electrons. The van der Waals surface area contributed by atoms with Gasteiger partial charge in [-0.2, -0.15) is 0 Å². The van der Waals surface area contributed by atoms with Gasteiger partial charge < -0.3 is 30.3 Å². The van der Waals surface area contributed by atoms with Crippen molar-refractivity contribution in [3.63, 3.8) is 0 Å². The predicted molar refractivity (Wildman–Crippen MR) is 126 cm³/mol. The Labute approximate surface area is 200 Å². The van der Waals surface area contributed by atoms with Crippen molar-refractivity contribution >= 4 is 17.7 Å². The van der Waals surface area contributed by atoms with Gasteiger partial charge >= 0.3 is 0 Å². The quantitative estimate of drug-likeness (QED) is 0.590. The molecule has 2 unspecified atom stereocenters. The number of nitrogens with zero attached hydrogens (tertiary/aromatic N) is 2. The number of hydrogen-bond donors (Lipinski definition) is 2. The molecule has 3 fully saturated rings. The van der Waals surface area contributed by atoms with Crippen LogP contribution in [0.4, 0.5) is 0 Å². The summed E-state index contributed by atoms with van der Waals surface area (Å²) in [6.45, 7) is 0.235. The molecule has 0 bridgehead atoms. The first-order valence-corrected chi connectivity index (χ1v) is 12.2. The smallest absolute Gasteiger partial charge is 0.254 e. The predicted octanol–water partition coefficient (Wildman–Crippen LogP) is 1.30. The average Bonchev–Trinajstić information content (AvgIpc) is 3.57. The van der Waals surface area contributed by atoms with Crippen LogP contribution in [0.3, 0.4) is 0 Å². The summed E-state index contributed by atoms with van der Waals surface area (Å²) < 4.78 is 10.3. The number of carbonyl (C=O) groups excluding carboxylic acids is 3. The molecule has 1 aromatic carbocycles. The van der Waals surface area contributed by atoms with E-state index in [0.29, 0.717) is 24.3 Å². The highest BCUT2D eigenvalue weighted by atomic mass is 16.5. The van der Waals surface area contributed by atoms with Crippen molar-refractivity contribution in [1.82, 2.24) is 15.1 Å². The molecule has 9 nitrogen and oxygen atoms in total. The van der Waals surface area contributed by atoms with Crippen LogP contribution in [-0.4, -0.2) is 85.1 Å². The van der Waals surface area contributed by atoms with Gasteiger partial charge in [0, 0.05) is 37.3 Å². The highest BCUT2D eigenvalue weighted by Crippen LogP contribution is 2.35. The molecule has 3 aliphatic rings. The summed E-state index contributed by atoms with van der Waals surface area (Å²) in [6, 6.07) is 6.63. The first-order chi connectivity index (χ1) is 16.4. The van der Waals surface area contributed by atoms with Crippen LogP contribution in [0.15, 0.2) is 24.3 Å². The van der Waals surface area contributed by atoms with Crippen LogP contribution in [0.5, 0.6) is 5.75 Å². The van der Waals surface area contributed by atoms with Gasteiger partial charge in [-0.15, -0.1) is 0 Å². The highest BCUT2D eigenvalue weighted by molar-refractivity contribution is 5.95. The number of hydrogen-bond acceptors (Lipinski definition) is 6. The third kappa shape index (κ3) is 5.52. The number of nitrogens with two attached hydrogens (primary N) is 1. The number of ether oxygens (including phenoxy) is 2. The van der Waals surface area contributed by atoms with Crippen LogP contribution in [0.2, 0.25) is 0 Å². The van der Waals surface area contributed by atoms with Crippen molar-refractivity contribution in [1.29, 1.82) is 0 Å². The Hall–Kier alpha value is -2.65. The van der Waals surface area contributed by atoms with E-state index in [1.165, 1.54) is 7.11 Å². The molecular formula is C25H36N4O5. The molecule has 0 spiro atoms. The minimum atomic E-state index is -0.617. The normalized spacial score (nSPS) is 26.7. The van der Waals surface area contributed by atoms with Crippen LogP contribution >= 0.6 is 0 Å². The lowest BCUT2D eigenvalue weighted by Gasteiger charge is -2.30. The fourth-order valence-corrected chi connectivity index (χ4v) is 5.17. The summed E-state index contributed by atoms with van der Waals surface area (Å²) in [7, 11) is 3.06. The lowest BCUT2D eigenvalue weighted by Crippen LogP contribution is -2.50. The second-order valence-corrected chi connectivity index (χ2v) is 9.68. The van der Waals surface area contributed by atoms with Crippen LogP contribution in [-0.2, 0) is 14.3 Å². The number of carbonyl (C=O) groups is 3. The number of amides is 3. The third-order valence-electron chi connectivity index (χ3n) is 7.19. The lowest BCUT2D eigenvalue weighted by molar-refractivity contribution is -0.141. The van der Waals surface area contributed by atoms with Gasteiger partial charge in [-0.25, -0.2) is 0 Å². The maximum atomic E-state index is 13.5. The first kappa shape index (κ1) is 24.5. The molecule has 1 saturated heterocycles. The summed E-state index contributed by atoms with van der Waals surface area (Å²) >= 11 is 0. The molecule has 2 atom stereocenters. The van der Waals surface area contributed by atoms with Crippen molar-refractivity contribution < 1.29 is 23.9 Å². The molecule has 0 aromatic heterocycles. The largest absolute Gasteiger partial charge is 0.497 e. The van der Waals surface area contributed by atoms with Crippen molar-refractivity contribution in [3.8, 4) is 5.75 Å². The number of benzene rings is 1. The zero-order valence-corrected chi connectivity index (χ0v) is 20.1. The van der Waals surface area contributed by atoms with E-state index in [4.69, 9.17) is 15.2 Å². The second-order valence-electron chi connectivity index (χ2n) is 9.68. The molecule has 1 aliphatic heterocycles. The molecule has 2 saturated carbocycles. The van der Waals surface area contributed by atoms with E-state index in [0.717, 1.165) is 38.5 Å². The summed E-state index contributed by atoms with van der Waals surface area (Å²) in [5.74, 6) is 0.229. The SMILES string of the molecule is COCC(=O)N1CC(N(C(=O)c2ccc(OC)cc2)C2CC2)CC1C(=O)NC1CCC(N)CC1. The van der Waals surface area contributed by atoms with Gasteiger partial charge in [0.2, 0.25) is 11.8 Å². The lowest BCUT2D eigenvalue weighted by atomic mass is 9.91. The molecule has 186 valence electrons. The molecule has 3 N–H and O–H groups in total. The van der Waals surface area contributed by atoms with Gasteiger partial charge in [-0.1, -0.05) is 0 Å². The van der Waals surface area contributed by atoms with E-state index in [2.05, 4.69) is 5.32 Å². The van der Waals surface area contributed by atoms with Gasteiger partial charge in [0.25, 0.3) is 5.91 Å². The van der Waals surface area contributed by atoms with E-state index >= 15 is 0 Å². The Morgan fingerprint density at radius 1 is 1.03 bits per heavy atom. The number of nitrogens with one attached hydrogen (secondary N) is 1. The minimum absolute atomic E-state index is 0.0726. The van der Waals surface area contributed by atoms with Gasteiger partial charge in [-0.05, 0) is 69.2 Å². The average molecular weight is 473 g/mol. The zero-order chi connectivity index (χ0) is 24.2. The molecule has 34 heavy (non-hydrogen) atoms. The fraction of sp³-hybridized carbons (Fsp3) is 0.640. The molecule has 1 heterocycles. The monoisotopic (exact) mass is 472 g/mol. The fourth-order valence-electron chi connectivity index (χ4n) is 5.17. The van der Waals surface area contributed by atoms with Crippen LogP contribution < -0.4 is 15.8 Å². The van der Waals surface area contributed by atoms with Crippen molar-refractivity contribution in [2.75, 3.05) is 27.4 Å². The van der Waals surface area contributed by atoms with Gasteiger partial charge in [0.1, 0.15) is 18.4 Å². The van der Waals surface area contributed by atoms with Gasteiger partial charge in [-0.3, -0.25) is 14.4 Å². The number of likely N-dealkylation sites (tertiary alicyclic amines) is 1. The van der Waals surface area contributed by atoms with E-state index in [1.807, 2.05) is 4.90 Å². The Morgan fingerprint density at radius 2 is 1.71 bits per heavy atom. The Morgan fingerprint density at radius 3 is 2.29 bits per heavy atom. The highest BCUT2D eigenvalue weighted by Gasteiger charge is 2.47. The molecular weight excluding hydrogens is 436 g/mol. The first-order valence-electron chi connectivity index (χ1n) is 12.2. The van der Waals surface area contributed by atoms with Crippen molar-refractivity contribution in [2.45, 2.75) is 75.2 Å². The standard InChI is InChI=1S/C25H36N4O5/c1-33-15-23(30)28-14-20(13-22(28)24(31)27-18-7-5-17(26)6-8-18)29(19-9-10-19)25(32)16-3-11-21(34-2)12-4-16/h3-4,11-12,17-20,22H,5-10,13-15,26H2,1-2H3,(H,27,31). The molecule has 4 rings (SSSR count). The summed E-state index contributed by atoms with van der Waals surface area (Å²) in [5.41, 5.74) is 6.58. The minimum Gasteiger partial charge on any atom is -0.497 e. The third-order valence-corrected chi connectivity index (χ3v) is 7.19. The maximum absolute atomic E-state index is 13.5.